The Labute approximate surface area is 59.1 Å². The number of hydrogen-bond donors (Lipinski definition) is 2. The maximum atomic E-state index is 8.69. The van der Waals surface area contributed by atoms with Crippen molar-refractivity contribution in [2.45, 2.75) is 6.10 Å². The van der Waals surface area contributed by atoms with E-state index in [1.807, 2.05) is 0 Å². The van der Waals surface area contributed by atoms with Gasteiger partial charge in [0.05, 0.1) is 20.3 Å². The molecule has 0 fully saturated rings. The molecule has 5 nitrogen and oxygen atoms in total. The molecule has 0 saturated carbocycles. The highest BCUT2D eigenvalue weighted by atomic mass is 17.2. The maximum Gasteiger partial charge on any atom is 0.180 e. The summed E-state index contributed by atoms with van der Waals surface area (Å²) in [7, 11) is 1.35. The molecule has 0 rings (SSSR count). The summed E-state index contributed by atoms with van der Waals surface area (Å²) in [5, 5.41) is 17.0. The minimum atomic E-state index is -0.847. The first-order chi connectivity index (χ1) is 4.81. The fourth-order valence-corrected chi connectivity index (χ4v) is 0.319. The molecule has 0 aliphatic carbocycles. The standard InChI is InChI=1S/C5H12O5/c1-8-10-4-9-3-5(7)2-6/h5-7H,2-4H2,1H3. The lowest BCUT2D eigenvalue weighted by Gasteiger charge is -2.06. The minimum Gasteiger partial charge on any atom is -0.394 e. The summed E-state index contributed by atoms with van der Waals surface area (Å²) in [5.74, 6) is 0. The van der Waals surface area contributed by atoms with Gasteiger partial charge in [0.25, 0.3) is 0 Å². The topological polar surface area (TPSA) is 68.2 Å². The highest BCUT2D eigenvalue weighted by Crippen LogP contribution is 1.83. The van der Waals surface area contributed by atoms with Crippen LogP contribution in [0.2, 0.25) is 0 Å². The molecule has 0 aromatic rings. The molecule has 0 aromatic carbocycles. The quantitative estimate of drug-likeness (QED) is 0.219. The van der Waals surface area contributed by atoms with E-state index in [0.29, 0.717) is 0 Å². The van der Waals surface area contributed by atoms with Crippen LogP contribution < -0.4 is 0 Å². The van der Waals surface area contributed by atoms with E-state index >= 15 is 0 Å². The number of rotatable bonds is 6. The van der Waals surface area contributed by atoms with Crippen molar-refractivity contribution in [3.8, 4) is 0 Å². The third-order valence-electron chi connectivity index (χ3n) is 0.770. The van der Waals surface area contributed by atoms with Crippen LogP contribution in [0.15, 0.2) is 0 Å². The molecule has 2 N–H and O–H groups in total. The van der Waals surface area contributed by atoms with Crippen LogP contribution in [0.4, 0.5) is 0 Å². The van der Waals surface area contributed by atoms with E-state index in [-0.39, 0.29) is 20.0 Å². The van der Waals surface area contributed by atoms with Crippen molar-refractivity contribution in [1.82, 2.24) is 0 Å². The van der Waals surface area contributed by atoms with E-state index in [2.05, 4.69) is 14.5 Å². The van der Waals surface area contributed by atoms with Gasteiger partial charge in [-0.15, -0.1) is 0 Å². The zero-order chi connectivity index (χ0) is 7.82. The van der Waals surface area contributed by atoms with Gasteiger partial charge >= 0.3 is 0 Å². The van der Waals surface area contributed by atoms with Crippen LogP contribution in [0.5, 0.6) is 0 Å². The summed E-state index contributed by atoms with van der Waals surface area (Å²) in [6.07, 6.45) is -0.847. The lowest BCUT2D eigenvalue weighted by atomic mass is 10.4. The van der Waals surface area contributed by atoms with Gasteiger partial charge in [0.15, 0.2) is 6.79 Å². The first-order valence-corrected chi connectivity index (χ1v) is 2.83. The van der Waals surface area contributed by atoms with Gasteiger partial charge < -0.3 is 14.9 Å². The van der Waals surface area contributed by atoms with Crippen molar-refractivity contribution in [2.24, 2.45) is 0 Å². The summed E-state index contributed by atoms with van der Waals surface area (Å²) >= 11 is 0. The number of hydrogen-bond acceptors (Lipinski definition) is 5. The van der Waals surface area contributed by atoms with Gasteiger partial charge in [-0.25, -0.2) is 9.78 Å². The predicted octanol–water partition coefficient (Wildman–Crippen LogP) is -1.11. The number of aliphatic hydroxyl groups is 2. The molecule has 0 aliphatic heterocycles. The van der Waals surface area contributed by atoms with Crippen molar-refractivity contribution in [1.29, 1.82) is 0 Å². The van der Waals surface area contributed by atoms with Crippen molar-refractivity contribution in [3.63, 3.8) is 0 Å². The van der Waals surface area contributed by atoms with E-state index in [4.69, 9.17) is 10.2 Å². The predicted molar refractivity (Wildman–Crippen MR) is 32.0 cm³/mol. The zero-order valence-corrected chi connectivity index (χ0v) is 5.82. The molecule has 0 heterocycles. The monoisotopic (exact) mass is 152 g/mol. The Bertz CT molecular complexity index is 67.1. The average molecular weight is 152 g/mol. The third-order valence-corrected chi connectivity index (χ3v) is 0.770. The van der Waals surface area contributed by atoms with Gasteiger partial charge in [-0.3, -0.25) is 0 Å². The molecule has 0 saturated heterocycles. The van der Waals surface area contributed by atoms with Gasteiger partial charge in [0, 0.05) is 0 Å². The highest BCUT2D eigenvalue weighted by Gasteiger charge is 1.99. The normalized spacial score (nSPS) is 13.5. The molecule has 0 aliphatic rings. The SMILES string of the molecule is COOCOCC(O)CO. The Balaban J connectivity index is 2.89. The summed E-state index contributed by atoms with van der Waals surface area (Å²) in [6.45, 7) is -0.319. The lowest BCUT2D eigenvalue weighted by Crippen LogP contribution is -2.20. The molecule has 1 atom stereocenters. The lowest BCUT2D eigenvalue weighted by molar-refractivity contribution is -0.320. The molecular weight excluding hydrogens is 140 g/mol. The molecule has 0 bridgehead atoms. The molecule has 0 radical (unpaired) electrons. The van der Waals surface area contributed by atoms with E-state index in [1.54, 1.807) is 0 Å². The first kappa shape index (κ1) is 9.80. The second-order valence-electron chi connectivity index (χ2n) is 1.61. The smallest absolute Gasteiger partial charge is 0.180 e. The molecule has 0 spiro atoms. The van der Waals surface area contributed by atoms with Crippen LogP contribution in [-0.2, 0) is 14.5 Å². The Morgan fingerprint density at radius 1 is 1.50 bits per heavy atom. The fourth-order valence-electron chi connectivity index (χ4n) is 0.319. The Morgan fingerprint density at radius 3 is 2.70 bits per heavy atom. The fraction of sp³-hybridized carbons (Fsp3) is 1.00. The van der Waals surface area contributed by atoms with E-state index in [1.165, 1.54) is 7.11 Å². The number of ether oxygens (including phenoxy) is 1. The van der Waals surface area contributed by atoms with E-state index in [9.17, 15) is 0 Å². The first-order valence-electron chi connectivity index (χ1n) is 2.83. The Kier molecular flexibility index (Phi) is 6.78. The molecule has 1 unspecified atom stereocenters. The van der Waals surface area contributed by atoms with E-state index < -0.39 is 6.10 Å². The van der Waals surface area contributed by atoms with E-state index in [0.717, 1.165) is 0 Å². The Morgan fingerprint density at radius 2 is 2.20 bits per heavy atom. The summed E-state index contributed by atoms with van der Waals surface area (Å²) in [5.41, 5.74) is 0. The number of aliphatic hydroxyl groups excluding tert-OH is 2. The summed E-state index contributed by atoms with van der Waals surface area (Å²) in [4.78, 5) is 8.50. The van der Waals surface area contributed by atoms with Crippen LogP contribution in [0.1, 0.15) is 0 Å². The van der Waals surface area contributed by atoms with Gasteiger partial charge in [-0.2, -0.15) is 0 Å². The molecule has 62 valence electrons. The highest BCUT2D eigenvalue weighted by molar-refractivity contribution is 4.46. The molecule has 5 heteroatoms. The van der Waals surface area contributed by atoms with Gasteiger partial charge in [-0.05, 0) is 0 Å². The molecule has 0 amide bonds. The average Bonchev–Trinajstić information content (AvgIpc) is 1.98. The molecular formula is C5H12O5. The van der Waals surface area contributed by atoms with Crippen LogP contribution in [0.3, 0.4) is 0 Å². The maximum absolute atomic E-state index is 8.69. The Hall–Kier alpha value is -0.200. The summed E-state index contributed by atoms with van der Waals surface area (Å²) in [6, 6.07) is 0. The van der Waals surface area contributed by atoms with Crippen LogP contribution >= 0.6 is 0 Å². The van der Waals surface area contributed by atoms with Crippen LogP contribution in [0.25, 0.3) is 0 Å². The van der Waals surface area contributed by atoms with Crippen molar-refractivity contribution in [3.05, 3.63) is 0 Å². The summed E-state index contributed by atoms with van der Waals surface area (Å²) < 4.78 is 4.67. The second-order valence-corrected chi connectivity index (χ2v) is 1.61. The van der Waals surface area contributed by atoms with Crippen molar-refractivity contribution < 1.29 is 24.7 Å². The largest absolute Gasteiger partial charge is 0.394 e. The second kappa shape index (κ2) is 6.91. The molecule has 10 heavy (non-hydrogen) atoms. The minimum absolute atomic E-state index is 0.0415. The van der Waals surface area contributed by atoms with Crippen molar-refractivity contribution >= 4 is 0 Å². The van der Waals surface area contributed by atoms with Crippen LogP contribution in [-0.4, -0.2) is 43.4 Å². The van der Waals surface area contributed by atoms with Crippen molar-refractivity contribution in [2.75, 3.05) is 27.1 Å². The van der Waals surface area contributed by atoms with Gasteiger partial charge in [0.1, 0.15) is 6.10 Å². The van der Waals surface area contributed by atoms with Crippen LogP contribution in [0, 0.1) is 0 Å². The zero-order valence-electron chi connectivity index (χ0n) is 5.82. The molecule has 0 aromatic heterocycles. The third kappa shape index (κ3) is 5.93. The van der Waals surface area contributed by atoms with Gasteiger partial charge in [0.2, 0.25) is 0 Å². The van der Waals surface area contributed by atoms with Gasteiger partial charge in [-0.1, -0.05) is 0 Å².